The Morgan fingerprint density at radius 1 is 1.10 bits per heavy atom. The zero-order valence-electron chi connectivity index (χ0n) is 11.5. The van der Waals surface area contributed by atoms with Gasteiger partial charge in [-0.1, -0.05) is 18.2 Å². The SMILES string of the molecule is COc1nc(-c2ccc(C#N)cc2)cc2c(N)cccc12. The quantitative estimate of drug-likeness (QED) is 0.728. The van der Waals surface area contributed by atoms with Crippen LogP contribution in [0, 0.1) is 11.3 Å². The maximum absolute atomic E-state index is 8.86. The smallest absolute Gasteiger partial charge is 0.221 e. The zero-order chi connectivity index (χ0) is 14.8. The molecule has 0 saturated carbocycles. The van der Waals surface area contributed by atoms with Crippen LogP contribution in [0.3, 0.4) is 0 Å². The van der Waals surface area contributed by atoms with E-state index in [1.807, 2.05) is 36.4 Å². The molecule has 1 heterocycles. The van der Waals surface area contributed by atoms with Crippen molar-refractivity contribution in [2.24, 2.45) is 0 Å². The number of nitrogen functional groups attached to an aromatic ring is 1. The van der Waals surface area contributed by atoms with E-state index in [4.69, 9.17) is 15.7 Å². The molecule has 0 saturated heterocycles. The average molecular weight is 275 g/mol. The van der Waals surface area contributed by atoms with Gasteiger partial charge in [0.05, 0.1) is 24.4 Å². The Kier molecular flexibility index (Phi) is 3.17. The van der Waals surface area contributed by atoms with Crippen molar-refractivity contribution in [1.29, 1.82) is 5.26 Å². The van der Waals surface area contributed by atoms with E-state index < -0.39 is 0 Å². The molecule has 0 aliphatic carbocycles. The highest BCUT2D eigenvalue weighted by atomic mass is 16.5. The molecule has 4 nitrogen and oxygen atoms in total. The third kappa shape index (κ3) is 2.26. The van der Waals surface area contributed by atoms with E-state index >= 15 is 0 Å². The summed E-state index contributed by atoms with van der Waals surface area (Å²) in [6.07, 6.45) is 0. The second-order valence-corrected chi connectivity index (χ2v) is 4.65. The lowest BCUT2D eigenvalue weighted by atomic mass is 10.0. The third-order valence-corrected chi connectivity index (χ3v) is 3.38. The molecule has 0 bridgehead atoms. The highest BCUT2D eigenvalue weighted by Gasteiger charge is 2.10. The van der Waals surface area contributed by atoms with Crippen LogP contribution in [-0.4, -0.2) is 12.1 Å². The van der Waals surface area contributed by atoms with Crippen LogP contribution in [0.5, 0.6) is 5.88 Å². The summed E-state index contributed by atoms with van der Waals surface area (Å²) in [6.45, 7) is 0. The molecule has 102 valence electrons. The van der Waals surface area contributed by atoms with Gasteiger partial charge in [-0.05, 0) is 30.3 Å². The van der Waals surface area contributed by atoms with Crippen LogP contribution < -0.4 is 10.5 Å². The summed E-state index contributed by atoms with van der Waals surface area (Å²) in [7, 11) is 1.59. The number of hydrogen-bond donors (Lipinski definition) is 1. The van der Waals surface area contributed by atoms with E-state index in [1.54, 1.807) is 19.2 Å². The maximum Gasteiger partial charge on any atom is 0.221 e. The predicted octanol–water partition coefficient (Wildman–Crippen LogP) is 3.36. The molecule has 0 spiro atoms. The van der Waals surface area contributed by atoms with Gasteiger partial charge in [-0.3, -0.25) is 0 Å². The van der Waals surface area contributed by atoms with E-state index in [9.17, 15) is 0 Å². The molecular weight excluding hydrogens is 262 g/mol. The minimum absolute atomic E-state index is 0.541. The number of nitrogens with zero attached hydrogens (tertiary/aromatic N) is 2. The van der Waals surface area contributed by atoms with Gasteiger partial charge in [-0.2, -0.15) is 5.26 Å². The van der Waals surface area contributed by atoms with E-state index in [-0.39, 0.29) is 0 Å². The van der Waals surface area contributed by atoms with Crippen LogP contribution in [0.1, 0.15) is 5.56 Å². The van der Waals surface area contributed by atoms with Gasteiger partial charge in [0.2, 0.25) is 5.88 Å². The normalized spacial score (nSPS) is 10.3. The van der Waals surface area contributed by atoms with Gasteiger partial charge in [0.25, 0.3) is 0 Å². The number of nitrogens with two attached hydrogens (primary N) is 1. The zero-order valence-corrected chi connectivity index (χ0v) is 11.5. The van der Waals surface area contributed by atoms with Gasteiger partial charge in [-0.25, -0.2) is 4.98 Å². The Balaban J connectivity index is 2.23. The molecule has 0 atom stereocenters. The standard InChI is InChI=1S/C17H13N3O/c1-21-17-13-3-2-4-15(19)14(13)9-16(20-17)12-7-5-11(10-18)6-8-12/h2-9H,19H2,1H3. The second kappa shape index (κ2) is 5.14. The number of rotatable bonds is 2. The van der Waals surface area contributed by atoms with Crippen molar-refractivity contribution < 1.29 is 4.74 Å². The molecule has 3 aromatic rings. The van der Waals surface area contributed by atoms with Gasteiger partial charge >= 0.3 is 0 Å². The molecule has 1 aromatic heterocycles. The number of fused-ring (bicyclic) bond motifs is 1. The molecule has 0 unspecified atom stereocenters. The Morgan fingerprint density at radius 2 is 1.86 bits per heavy atom. The van der Waals surface area contributed by atoms with Crippen molar-refractivity contribution in [3.63, 3.8) is 0 Å². The number of hydrogen-bond acceptors (Lipinski definition) is 4. The summed E-state index contributed by atoms with van der Waals surface area (Å²) < 4.78 is 5.37. The summed E-state index contributed by atoms with van der Waals surface area (Å²) in [4.78, 5) is 4.53. The van der Waals surface area contributed by atoms with Crippen LogP contribution in [0.15, 0.2) is 48.5 Å². The van der Waals surface area contributed by atoms with E-state index in [2.05, 4.69) is 11.1 Å². The van der Waals surface area contributed by atoms with Crippen LogP contribution in [0.25, 0.3) is 22.0 Å². The highest BCUT2D eigenvalue weighted by Crippen LogP contribution is 2.32. The first-order valence-electron chi connectivity index (χ1n) is 6.46. The van der Waals surface area contributed by atoms with Crippen LogP contribution in [0.2, 0.25) is 0 Å². The lowest BCUT2D eigenvalue weighted by Gasteiger charge is -2.10. The summed E-state index contributed by atoms with van der Waals surface area (Å²) in [5.74, 6) is 0.541. The largest absolute Gasteiger partial charge is 0.481 e. The number of ether oxygens (including phenoxy) is 1. The number of methoxy groups -OCH3 is 1. The van der Waals surface area contributed by atoms with Crippen molar-refractivity contribution in [2.45, 2.75) is 0 Å². The fourth-order valence-corrected chi connectivity index (χ4v) is 2.29. The van der Waals surface area contributed by atoms with Crippen LogP contribution in [0.4, 0.5) is 5.69 Å². The molecule has 2 N–H and O–H groups in total. The number of benzene rings is 2. The lowest BCUT2D eigenvalue weighted by molar-refractivity contribution is 0.404. The van der Waals surface area contributed by atoms with Crippen molar-refractivity contribution >= 4 is 16.5 Å². The number of anilines is 1. The van der Waals surface area contributed by atoms with E-state index in [0.29, 0.717) is 17.1 Å². The number of aromatic nitrogens is 1. The first-order valence-corrected chi connectivity index (χ1v) is 6.46. The van der Waals surface area contributed by atoms with Gasteiger partial charge in [0.1, 0.15) is 0 Å². The molecule has 21 heavy (non-hydrogen) atoms. The van der Waals surface area contributed by atoms with Crippen molar-refractivity contribution in [2.75, 3.05) is 12.8 Å². The van der Waals surface area contributed by atoms with Gasteiger partial charge in [-0.15, -0.1) is 0 Å². The molecule has 0 radical (unpaired) electrons. The van der Waals surface area contributed by atoms with Crippen LogP contribution in [-0.2, 0) is 0 Å². The molecule has 0 amide bonds. The summed E-state index contributed by atoms with van der Waals surface area (Å²) in [5.41, 5.74) is 9.03. The monoisotopic (exact) mass is 275 g/mol. The summed E-state index contributed by atoms with van der Waals surface area (Å²) in [5, 5.41) is 10.6. The van der Waals surface area contributed by atoms with Crippen molar-refractivity contribution in [3.05, 3.63) is 54.1 Å². The minimum atomic E-state index is 0.541. The fourth-order valence-electron chi connectivity index (χ4n) is 2.29. The Morgan fingerprint density at radius 3 is 2.52 bits per heavy atom. The van der Waals surface area contributed by atoms with Crippen molar-refractivity contribution in [3.8, 4) is 23.2 Å². The van der Waals surface area contributed by atoms with Gasteiger partial charge in [0, 0.05) is 22.0 Å². The van der Waals surface area contributed by atoms with Gasteiger partial charge in [0.15, 0.2) is 0 Å². The maximum atomic E-state index is 8.86. The number of pyridine rings is 1. The molecule has 0 fully saturated rings. The molecular formula is C17H13N3O. The van der Waals surface area contributed by atoms with Gasteiger partial charge < -0.3 is 10.5 Å². The molecule has 0 aliphatic rings. The fraction of sp³-hybridized carbons (Fsp3) is 0.0588. The topological polar surface area (TPSA) is 71.9 Å². The minimum Gasteiger partial charge on any atom is -0.481 e. The Bertz CT molecular complexity index is 848. The molecule has 4 heteroatoms. The number of nitriles is 1. The van der Waals surface area contributed by atoms with Crippen LogP contribution >= 0.6 is 0 Å². The second-order valence-electron chi connectivity index (χ2n) is 4.65. The molecule has 0 aliphatic heterocycles. The third-order valence-electron chi connectivity index (χ3n) is 3.38. The van der Waals surface area contributed by atoms with Crippen molar-refractivity contribution in [1.82, 2.24) is 4.98 Å². The molecule has 2 aromatic carbocycles. The van der Waals surface area contributed by atoms with E-state index in [0.717, 1.165) is 22.0 Å². The highest BCUT2D eigenvalue weighted by molar-refractivity contribution is 5.98. The molecule has 3 rings (SSSR count). The average Bonchev–Trinajstić information content (AvgIpc) is 2.54. The Labute approximate surface area is 122 Å². The Hall–Kier alpha value is -3.06. The summed E-state index contributed by atoms with van der Waals surface area (Å²) >= 11 is 0. The first kappa shape index (κ1) is 12.9. The first-order chi connectivity index (χ1) is 10.2. The van der Waals surface area contributed by atoms with E-state index in [1.165, 1.54) is 0 Å². The summed E-state index contributed by atoms with van der Waals surface area (Å²) in [6, 6.07) is 17.0. The lowest BCUT2D eigenvalue weighted by Crippen LogP contribution is -1.95. The predicted molar refractivity (Wildman–Crippen MR) is 82.9 cm³/mol.